The highest BCUT2D eigenvalue weighted by molar-refractivity contribution is 6.02. The van der Waals surface area contributed by atoms with Gasteiger partial charge in [-0.3, -0.25) is 0 Å². The Morgan fingerprint density at radius 2 is 0.609 bits per heavy atom. The summed E-state index contributed by atoms with van der Waals surface area (Å²) >= 11 is 0. The summed E-state index contributed by atoms with van der Waals surface area (Å²) in [7, 11) is 0. The van der Waals surface area contributed by atoms with Gasteiger partial charge in [0.1, 0.15) is 0 Å². The van der Waals surface area contributed by atoms with Crippen LogP contribution < -0.4 is 9.80 Å². The van der Waals surface area contributed by atoms with Crippen LogP contribution in [-0.4, -0.2) is 0 Å². The summed E-state index contributed by atoms with van der Waals surface area (Å²) < 4.78 is 0. The first-order chi connectivity index (χ1) is 31.4. The lowest BCUT2D eigenvalue weighted by Crippen LogP contribution is -2.37. The van der Waals surface area contributed by atoms with Crippen molar-refractivity contribution in [2.75, 3.05) is 9.80 Å². The number of benzene rings is 9. The first-order valence-electron chi connectivity index (χ1n) is 22.3. The van der Waals surface area contributed by atoms with Gasteiger partial charge in [0.25, 0.3) is 0 Å². The third kappa shape index (κ3) is 4.59. The number of rotatable bonds is 4. The minimum absolute atomic E-state index is 0.621. The van der Waals surface area contributed by atoms with Crippen molar-refractivity contribution in [2.45, 2.75) is 24.7 Å². The van der Waals surface area contributed by atoms with Crippen molar-refractivity contribution in [1.29, 1.82) is 0 Å². The second kappa shape index (κ2) is 13.3. The van der Waals surface area contributed by atoms with Crippen molar-refractivity contribution in [2.24, 2.45) is 0 Å². The van der Waals surface area contributed by atoms with Gasteiger partial charge in [0, 0.05) is 11.4 Å². The van der Waals surface area contributed by atoms with Gasteiger partial charge in [-0.1, -0.05) is 158 Å². The van der Waals surface area contributed by atoms with Gasteiger partial charge in [-0.05, 0) is 165 Å². The first-order valence-corrected chi connectivity index (χ1v) is 22.3. The van der Waals surface area contributed by atoms with Gasteiger partial charge >= 0.3 is 0 Å². The molecule has 2 nitrogen and oxygen atoms in total. The van der Waals surface area contributed by atoms with E-state index in [0.29, 0.717) is 0 Å². The molecular weight excluding hydrogens is 773 g/mol. The van der Waals surface area contributed by atoms with Gasteiger partial charge in [-0.25, -0.2) is 0 Å². The second-order valence-electron chi connectivity index (χ2n) is 17.9. The molecule has 2 aliphatic heterocycles. The van der Waals surface area contributed by atoms with Crippen molar-refractivity contribution in [1.82, 2.24) is 0 Å². The highest BCUT2D eigenvalue weighted by atomic mass is 15.2. The van der Waals surface area contributed by atoms with Gasteiger partial charge in [-0.2, -0.15) is 0 Å². The predicted octanol–water partition coefficient (Wildman–Crippen LogP) is 16.0. The van der Waals surface area contributed by atoms with Crippen LogP contribution in [0.3, 0.4) is 0 Å². The first kappa shape index (κ1) is 36.7. The van der Waals surface area contributed by atoms with Gasteiger partial charge in [0.2, 0.25) is 0 Å². The van der Waals surface area contributed by atoms with Crippen LogP contribution in [0.2, 0.25) is 0 Å². The van der Waals surface area contributed by atoms with Crippen LogP contribution in [0.1, 0.15) is 69.5 Å². The SMILES string of the molecule is C=C(C)c1ccc2c(c1)C1(c3cc4c(cc3-2)C2(c3cc(C(=C)C)ccc3-4)c3ccccc3N(c3ccccc3)c3ccccc32)c2ccccc2N(c2ccccc2)c2ccccc21. The topological polar surface area (TPSA) is 6.48 Å². The minimum atomic E-state index is -0.621. The standard InChI is InChI=1S/C62H44N2/c1-39(2)41-31-33-45-47-37-56-48(38-55(47)61(53(45)35-41)49-23-11-15-27-57(49)63(43-19-7-5-8-20-43)58-28-16-12-24-50(58)61)46-34-32-42(40(3)4)36-54(46)62(56)51-25-13-17-29-59(51)64(44-21-9-6-10-22-44)60-30-18-14-26-52(60)62/h5-38H,1,3H2,2,4H3. The van der Waals surface area contributed by atoms with Crippen LogP contribution >= 0.6 is 0 Å². The minimum Gasteiger partial charge on any atom is -0.310 e. The van der Waals surface area contributed by atoms with Crippen LogP contribution in [0.4, 0.5) is 34.1 Å². The average Bonchev–Trinajstić information content (AvgIpc) is 3.78. The highest BCUT2D eigenvalue weighted by Gasteiger charge is 2.56. The van der Waals surface area contributed by atoms with E-state index in [1.165, 1.54) is 89.5 Å². The summed E-state index contributed by atoms with van der Waals surface area (Å²) in [5.74, 6) is 0. The molecular formula is C62H44N2. The quantitative estimate of drug-likeness (QED) is 0.175. The van der Waals surface area contributed by atoms with E-state index in [9.17, 15) is 0 Å². The van der Waals surface area contributed by atoms with Gasteiger partial charge < -0.3 is 9.80 Å². The number of anilines is 6. The largest absolute Gasteiger partial charge is 0.310 e. The molecule has 0 N–H and O–H groups in total. The maximum Gasteiger partial charge on any atom is 0.0754 e. The lowest BCUT2D eigenvalue weighted by atomic mass is 9.63. The number of allylic oxidation sites excluding steroid dienone is 2. The molecule has 13 rings (SSSR count). The molecule has 0 bridgehead atoms. The van der Waals surface area contributed by atoms with Crippen molar-refractivity contribution in [3.8, 4) is 22.3 Å². The molecule has 9 aromatic rings. The highest BCUT2D eigenvalue weighted by Crippen LogP contribution is 2.68. The van der Waals surface area contributed by atoms with E-state index in [1.54, 1.807) is 0 Å². The van der Waals surface area contributed by atoms with E-state index in [-0.39, 0.29) is 0 Å². The van der Waals surface area contributed by atoms with Gasteiger partial charge in [0.15, 0.2) is 0 Å². The van der Waals surface area contributed by atoms with Gasteiger partial charge in [-0.15, -0.1) is 0 Å². The average molecular weight is 817 g/mol. The maximum atomic E-state index is 4.48. The molecule has 0 aromatic heterocycles. The molecule has 9 aromatic carbocycles. The lowest BCUT2D eigenvalue weighted by Gasteiger charge is -2.46. The molecule has 64 heavy (non-hydrogen) atoms. The summed E-state index contributed by atoms with van der Waals surface area (Å²) in [5.41, 5.74) is 25.6. The zero-order chi connectivity index (χ0) is 42.9. The van der Waals surface area contributed by atoms with E-state index in [2.05, 4.69) is 243 Å². The molecule has 2 aliphatic carbocycles. The maximum absolute atomic E-state index is 4.48. The fourth-order valence-corrected chi connectivity index (χ4v) is 12.0. The third-order valence-electron chi connectivity index (χ3n) is 14.6. The van der Waals surface area contributed by atoms with Crippen LogP contribution in [0.5, 0.6) is 0 Å². The number of hydrogen-bond donors (Lipinski definition) is 0. The van der Waals surface area contributed by atoms with E-state index < -0.39 is 10.8 Å². The van der Waals surface area contributed by atoms with Crippen LogP contribution in [0.25, 0.3) is 33.4 Å². The molecule has 302 valence electrons. The van der Waals surface area contributed by atoms with E-state index in [1.807, 2.05) is 0 Å². The summed E-state index contributed by atoms with van der Waals surface area (Å²) in [4.78, 5) is 4.92. The summed E-state index contributed by atoms with van der Waals surface area (Å²) in [6.45, 7) is 13.2. The lowest BCUT2D eigenvalue weighted by molar-refractivity contribution is 0.743. The molecule has 2 heterocycles. The molecule has 0 radical (unpaired) electrons. The van der Waals surface area contributed by atoms with E-state index >= 15 is 0 Å². The van der Waals surface area contributed by atoms with E-state index in [4.69, 9.17) is 0 Å². The third-order valence-corrected chi connectivity index (χ3v) is 14.6. The number of para-hydroxylation sites is 6. The van der Waals surface area contributed by atoms with Crippen molar-refractivity contribution in [3.63, 3.8) is 0 Å². The molecule has 0 amide bonds. The van der Waals surface area contributed by atoms with Crippen LogP contribution in [0.15, 0.2) is 219 Å². The monoisotopic (exact) mass is 816 g/mol. The Labute approximate surface area is 375 Å². The number of nitrogens with zero attached hydrogens (tertiary/aromatic N) is 2. The fourth-order valence-electron chi connectivity index (χ4n) is 12.0. The van der Waals surface area contributed by atoms with Crippen LogP contribution in [0, 0.1) is 0 Å². The van der Waals surface area contributed by atoms with E-state index in [0.717, 1.165) is 33.6 Å². The molecule has 2 heteroatoms. The van der Waals surface area contributed by atoms with Crippen molar-refractivity contribution >= 4 is 45.3 Å². The Hall–Kier alpha value is -7.94. The molecule has 2 spiro atoms. The molecule has 0 saturated carbocycles. The predicted molar refractivity (Wildman–Crippen MR) is 267 cm³/mol. The molecule has 0 fully saturated rings. The summed E-state index contributed by atoms with van der Waals surface area (Å²) in [6, 6.07) is 77.5. The summed E-state index contributed by atoms with van der Waals surface area (Å²) in [5, 5.41) is 0. The normalized spacial score (nSPS) is 14.7. The second-order valence-corrected chi connectivity index (χ2v) is 17.9. The zero-order valence-electron chi connectivity index (χ0n) is 35.9. The van der Waals surface area contributed by atoms with Gasteiger partial charge in [0.05, 0.1) is 33.6 Å². The Balaban J connectivity index is 1.18. The Morgan fingerprint density at radius 1 is 0.312 bits per heavy atom. The van der Waals surface area contributed by atoms with Crippen LogP contribution in [-0.2, 0) is 10.8 Å². The van der Waals surface area contributed by atoms with Crippen molar-refractivity contribution < 1.29 is 0 Å². The Kier molecular flexibility index (Phi) is 7.62. The molecule has 0 saturated heterocycles. The summed E-state index contributed by atoms with van der Waals surface area (Å²) in [6.07, 6.45) is 0. The number of fused-ring (bicyclic) bond motifs is 18. The smallest absolute Gasteiger partial charge is 0.0754 e. The molecule has 0 atom stereocenters. The molecule has 0 unspecified atom stereocenters. The Morgan fingerprint density at radius 3 is 0.938 bits per heavy atom. The Bertz CT molecular complexity index is 3140. The zero-order valence-corrected chi connectivity index (χ0v) is 35.9. The van der Waals surface area contributed by atoms with Crippen molar-refractivity contribution in [3.05, 3.63) is 275 Å². The number of hydrogen-bond acceptors (Lipinski definition) is 2. The fraction of sp³-hybridized carbons (Fsp3) is 0.0645. The molecule has 4 aliphatic rings.